The van der Waals surface area contributed by atoms with Crippen LogP contribution in [-0.2, 0) is 0 Å². The second kappa shape index (κ2) is 4.58. The molecule has 1 heterocycles. The third kappa shape index (κ3) is 1.95. The van der Waals surface area contributed by atoms with E-state index in [0.29, 0.717) is 12.0 Å². The van der Waals surface area contributed by atoms with E-state index in [9.17, 15) is 0 Å². The lowest BCUT2D eigenvalue weighted by molar-refractivity contribution is 0.593. The Bertz CT molecular complexity index is 518. The normalized spacial score (nSPS) is 23.9. The van der Waals surface area contributed by atoms with Crippen LogP contribution in [0.1, 0.15) is 49.0 Å². The average Bonchev–Trinajstić information content (AvgIpc) is 3.08. The summed E-state index contributed by atoms with van der Waals surface area (Å²) in [5.41, 5.74) is 8.72. The van der Waals surface area contributed by atoms with E-state index < -0.39 is 0 Å². The minimum atomic E-state index is 0.101. The number of hydrogen-bond acceptors (Lipinski definition) is 2. The van der Waals surface area contributed by atoms with Crippen molar-refractivity contribution in [3.05, 3.63) is 54.1 Å². The molecular formula is C15H19N3. The van der Waals surface area contributed by atoms with E-state index in [4.69, 9.17) is 5.73 Å². The SMILES string of the molecule is CC[C@@H](N)c1cncn1C1CC1c1ccccc1. The maximum Gasteiger partial charge on any atom is 0.0951 e. The van der Waals surface area contributed by atoms with Crippen molar-refractivity contribution in [1.82, 2.24) is 9.55 Å². The number of aromatic nitrogens is 2. The summed E-state index contributed by atoms with van der Waals surface area (Å²) in [5.74, 6) is 0.628. The molecule has 0 aliphatic heterocycles. The number of hydrogen-bond donors (Lipinski definition) is 1. The first-order chi connectivity index (χ1) is 8.81. The highest BCUT2D eigenvalue weighted by molar-refractivity contribution is 5.28. The lowest BCUT2D eigenvalue weighted by atomic mass is 10.1. The molecule has 1 aliphatic carbocycles. The second-order valence-corrected chi connectivity index (χ2v) is 5.06. The Morgan fingerprint density at radius 2 is 2.17 bits per heavy atom. The molecule has 3 nitrogen and oxygen atoms in total. The number of nitrogens with zero attached hydrogens (tertiary/aromatic N) is 2. The Morgan fingerprint density at radius 3 is 2.89 bits per heavy atom. The molecule has 0 radical (unpaired) electrons. The van der Waals surface area contributed by atoms with Gasteiger partial charge in [0.1, 0.15) is 0 Å². The summed E-state index contributed by atoms with van der Waals surface area (Å²) < 4.78 is 2.27. The zero-order valence-electron chi connectivity index (χ0n) is 10.7. The Kier molecular flexibility index (Phi) is 2.92. The van der Waals surface area contributed by atoms with E-state index in [-0.39, 0.29) is 6.04 Å². The van der Waals surface area contributed by atoms with Crippen LogP contribution in [0, 0.1) is 0 Å². The standard InChI is InChI=1S/C15H19N3/c1-2-13(16)15-9-17-10-18(15)14-8-12(14)11-6-4-3-5-7-11/h3-7,9-10,12-14H,2,8,16H2,1H3/t12?,13-,14?/m1/s1. The number of imidazole rings is 1. The Morgan fingerprint density at radius 1 is 1.39 bits per heavy atom. The van der Waals surface area contributed by atoms with E-state index in [1.165, 1.54) is 17.7 Å². The van der Waals surface area contributed by atoms with Gasteiger partial charge in [0.15, 0.2) is 0 Å². The monoisotopic (exact) mass is 241 g/mol. The van der Waals surface area contributed by atoms with Crippen LogP contribution in [0.3, 0.4) is 0 Å². The van der Waals surface area contributed by atoms with Crippen molar-refractivity contribution < 1.29 is 0 Å². The summed E-state index contributed by atoms with van der Waals surface area (Å²) >= 11 is 0. The molecule has 1 aromatic heterocycles. The first-order valence-corrected chi connectivity index (χ1v) is 6.63. The van der Waals surface area contributed by atoms with Gasteiger partial charge in [0.05, 0.1) is 12.0 Å². The highest BCUT2D eigenvalue weighted by Crippen LogP contribution is 2.52. The third-order valence-corrected chi connectivity index (χ3v) is 3.86. The fraction of sp³-hybridized carbons (Fsp3) is 0.400. The first-order valence-electron chi connectivity index (χ1n) is 6.63. The predicted octanol–water partition coefficient (Wildman–Crippen LogP) is 3.02. The maximum atomic E-state index is 6.13. The van der Waals surface area contributed by atoms with Crippen molar-refractivity contribution in [2.24, 2.45) is 5.73 Å². The van der Waals surface area contributed by atoms with Crippen molar-refractivity contribution >= 4 is 0 Å². The summed E-state index contributed by atoms with van der Waals surface area (Å²) in [6.45, 7) is 2.11. The van der Waals surface area contributed by atoms with Gasteiger partial charge in [-0.15, -0.1) is 0 Å². The quantitative estimate of drug-likeness (QED) is 0.894. The van der Waals surface area contributed by atoms with Gasteiger partial charge in [0, 0.05) is 24.2 Å². The summed E-state index contributed by atoms with van der Waals surface area (Å²) in [6, 6.07) is 11.3. The predicted molar refractivity (Wildman–Crippen MR) is 72.3 cm³/mol. The van der Waals surface area contributed by atoms with Crippen LogP contribution in [-0.4, -0.2) is 9.55 Å². The molecular weight excluding hydrogens is 222 g/mol. The summed E-state index contributed by atoms with van der Waals surface area (Å²) in [5, 5.41) is 0. The summed E-state index contributed by atoms with van der Waals surface area (Å²) in [6.07, 6.45) is 5.99. The van der Waals surface area contributed by atoms with Gasteiger partial charge in [-0.05, 0) is 18.4 Å². The minimum absolute atomic E-state index is 0.101. The molecule has 3 heteroatoms. The van der Waals surface area contributed by atoms with Crippen molar-refractivity contribution in [3.63, 3.8) is 0 Å². The highest BCUT2D eigenvalue weighted by atomic mass is 15.1. The van der Waals surface area contributed by atoms with Crippen LogP contribution in [0.5, 0.6) is 0 Å². The molecule has 3 atom stereocenters. The lowest BCUT2D eigenvalue weighted by Crippen LogP contribution is -2.14. The molecule has 1 aliphatic rings. The summed E-state index contributed by atoms with van der Waals surface area (Å²) in [4.78, 5) is 4.26. The van der Waals surface area contributed by atoms with Crippen molar-refractivity contribution in [2.75, 3.05) is 0 Å². The molecule has 0 amide bonds. The van der Waals surface area contributed by atoms with Gasteiger partial charge < -0.3 is 10.3 Å². The van der Waals surface area contributed by atoms with Crippen LogP contribution in [0.15, 0.2) is 42.9 Å². The fourth-order valence-corrected chi connectivity index (χ4v) is 2.64. The van der Waals surface area contributed by atoms with E-state index >= 15 is 0 Å². The zero-order valence-corrected chi connectivity index (χ0v) is 10.7. The smallest absolute Gasteiger partial charge is 0.0951 e. The van der Waals surface area contributed by atoms with Crippen LogP contribution >= 0.6 is 0 Å². The highest BCUT2D eigenvalue weighted by Gasteiger charge is 2.40. The van der Waals surface area contributed by atoms with E-state index in [1.807, 2.05) is 12.5 Å². The first kappa shape index (κ1) is 11.5. The van der Waals surface area contributed by atoms with Gasteiger partial charge in [0.25, 0.3) is 0 Å². The average molecular weight is 241 g/mol. The van der Waals surface area contributed by atoms with Gasteiger partial charge in [-0.25, -0.2) is 4.98 Å². The van der Waals surface area contributed by atoms with Gasteiger partial charge >= 0.3 is 0 Å². The topological polar surface area (TPSA) is 43.8 Å². The Labute approximate surface area is 108 Å². The van der Waals surface area contributed by atoms with Gasteiger partial charge in [-0.2, -0.15) is 0 Å². The molecule has 1 fully saturated rings. The van der Waals surface area contributed by atoms with Gasteiger partial charge in [-0.1, -0.05) is 37.3 Å². The third-order valence-electron chi connectivity index (χ3n) is 3.86. The van der Waals surface area contributed by atoms with Crippen molar-refractivity contribution in [2.45, 2.75) is 37.8 Å². The van der Waals surface area contributed by atoms with Gasteiger partial charge in [-0.3, -0.25) is 0 Å². The number of rotatable bonds is 4. The molecule has 0 spiro atoms. The van der Waals surface area contributed by atoms with Crippen LogP contribution in [0.4, 0.5) is 0 Å². The zero-order chi connectivity index (χ0) is 12.5. The molecule has 2 aromatic rings. The second-order valence-electron chi connectivity index (χ2n) is 5.06. The fourth-order valence-electron chi connectivity index (χ4n) is 2.64. The largest absolute Gasteiger partial charge is 0.329 e. The Balaban J connectivity index is 1.81. The van der Waals surface area contributed by atoms with Gasteiger partial charge in [0.2, 0.25) is 0 Å². The number of nitrogens with two attached hydrogens (primary N) is 1. The molecule has 1 aromatic carbocycles. The van der Waals surface area contributed by atoms with Crippen molar-refractivity contribution in [1.29, 1.82) is 0 Å². The van der Waals surface area contributed by atoms with Crippen LogP contribution in [0.25, 0.3) is 0 Å². The molecule has 0 bridgehead atoms. The Hall–Kier alpha value is -1.61. The lowest BCUT2D eigenvalue weighted by Gasteiger charge is -2.12. The maximum absolute atomic E-state index is 6.13. The number of benzene rings is 1. The minimum Gasteiger partial charge on any atom is -0.329 e. The molecule has 0 saturated heterocycles. The van der Waals surface area contributed by atoms with Crippen LogP contribution < -0.4 is 5.73 Å². The van der Waals surface area contributed by atoms with Crippen LogP contribution in [0.2, 0.25) is 0 Å². The van der Waals surface area contributed by atoms with E-state index in [0.717, 1.165) is 6.42 Å². The van der Waals surface area contributed by atoms with Crippen molar-refractivity contribution in [3.8, 4) is 0 Å². The summed E-state index contributed by atoms with van der Waals surface area (Å²) in [7, 11) is 0. The molecule has 1 saturated carbocycles. The molecule has 18 heavy (non-hydrogen) atoms. The van der Waals surface area contributed by atoms with E-state index in [1.54, 1.807) is 0 Å². The molecule has 2 N–H and O–H groups in total. The molecule has 2 unspecified atom stereocenters. The molecule has 3 rings (SSSR count). The van der Waals surface area contributed by atoms with E-state index in [2.05, 4.69) is 46.8 Å². The molecule has 94 valence electrons.